The first-order valence-electron chi connectivity index (χ1n) is 6.68. The molecule has 2 aromatic rings. The van der Waals surface area contributed by atoms with Crippen molar-refractivity contribution in [1.82, 2.24) is 9.78 Å². The van der Waals surface area contributed by atoms with Crippen molar-refractivity contribution >= 4 is 0 Å². The van der Waals surface area contributed by atoms with Crippen molar-refractivity contribution in [2.45, 2.75) is 39.5 Å². The third-order valence-corrected chi connectivity index (χ3v) is 3.25. The van der Waals surface area contributed by atoms with Crippen molar-refractivity contribution < 1.29 is 4.74 Å². The van der Waals surface area contributed by atoms with E-state index >= 15 is 0 Å². The Hall–Kier alpha value is -1.81. The second-order valence-corrected chi connectivity index (χ2v) is 4.68. The highest BCUT2D eigenvalue weighted by Crippen LogP contribution is 2.14. The summed E-state index contributed by atoms with van der Waals surface area (Å²) in [6.07, 6.45) is 3.08. The zero-order valence-electron chi connectivity index (χ0n) is 11.5. The fraction of sp³-hybridized carbons (Fsp3) is 0.400. The highest BCUT2D eigenvalue weighted by molar-refractivity contribution is 5.27. The van der Waals surface area contributed by atoms with E-state index in [4.69, 9.17) is 10.5 Å². The van der Waals surface area contributed by atoms with Crippen LogP contribution in [0.15, 0.2) is 36.5 Å². The SMILES string of the molecule is CCC(C)n1ccc(COc2ccc(CN)cc2)n1. The van der Waals surface area contributed by atoms with Crippen LogP contribution in [0.1, 0.15) is 37.6 Å². The fourth-order valence-electron chi connectivity index (χ4n) is 1.77. The molecule has 4 heteroatoms. The Kier molecular flexibility index (Phi) is 4.58. The minimum absolute atomic E-state index is 0.428. The Bertz CT molecular complexity index is 504. The maximum atomic E-state index is 5.70. The van der Waals surface area contributed by atoms with Gasteiger partial charge >= 0.3 is 0 Å². The van der Waals surface area contributed by atoms with Gasteiger partial charge in [-0.25, -0.2) is 0 Å². The summed E-state index contributed by atoms with van der Waals surface area (Å²) in [5, 5.41) is 4.50. The van der Waals surface area contributed by atoms with Gasteiger partial charge in [0, 0.05) is 18.8 Å². The summed E-state index contributed by atoms with van der Waals surface area (Å²) in [6.45, 7) is 5.36. The van der Waals surface area contributed by atoms with E-state index < -0.39 is 0 Å². The number of ether oxygens (including phenoxy) is 1. The predicted molar refractivity (Wildman–Crippen MR) is 75.9 cm³/mol. The molecule has 2 N–H and O–H groups in total. The molecule has 0 aliphatic rings. The van der Waals surface area contributed by atoms with E-state index in [0.29, 0.717) is 19.2 Å². The molecule has 1 atom stereocenters. The van der Waals surface area contributed by atoms with E-state index in [1.807, 2.05) is 41.2 Å². The lowest BCUT2D eigenvalue weighted by Gasteiger charge is -2.08. The molecular formula is C15H21N3O. The summed E-state index contributed by atoms with van der Waals surface area (Å²) in [5.41, 5.74) is 7.61. The summed E-state index contributed by atoms with van der Waals surface area (Å²) in [7, 11) is 0. The molecule has 0 amide bonds. The molecule has 2 rings (SSSR count). The number of benzene rings is 1. The van der Waals surface area contributed by atoms with E-state index in [1.165, 1.54) is 0 Å². The molecule has 0 bridgehead atoms. The Balaban J connectivity index is 1.92. The number of hydrogen-bond acceptors (Lipinski definition) is 3. The van der Waals surface area contributed by atoms with Crippen LogP contribution in [0.2, 0.25) is 0 Å². The molecular weight excluding hydrogens is 238 g/mol. The summed E-state index contributed by atoms with van der Waals surface area (Å²) < 4.78 is 7.68. The zero-order chi connectivity index (χ0) is 13.7. The molecule has 1 aromatic carbocycles. The van der Waals surface area contributed by atoms with Crippen LogP contribution in [-0.2, 0) is 13.2 Å². The van der Waals surface area contributed by atoms with Crippen LogP contribution < -0.4 is 10.5 Å². The molecule has 0 radical (unpaired) electrons. The van der Waals surface area contributed by atoms with Gasteiger partial charge in [0.1, 0.15) is 12.4 Å². The average molecular weight is 259 g/mol. The van der Waals surface area contributed by atoms with Crippen LogP contribution in [-0.4, -0.2) is 9.78 Å². The predicted octanol–water partition coefficient (Wildman–Crippen LogP) is 2.89. The molecule has 1 aromatic heterocycles. The molecule has 102 valence electrons. The number of nitrogens with two attached hydrogens (primary N) is 1. The summed E-state index contributed by atoms with van der Waals surface area (Å²) in [4.78, 5) is 0. The second-order valence-electron chi connectivity index (χ2n) is 4.68. The zero-order valence-corrected chi connectivity index (χ0v) is 11.5. The average Bonchev–Trinajstić information content (AvgIpc) is 2.93. The lowest BCUT2D eigenvalue weighted by atomic mass is 10.2. The third kappa shape index (κ3) is 3.58. The van der Waals surface area contributed by atoms with Crippen molar-refractivity contribution in [2.24, 2.45) is 5.73 Å². The summed E-state index contributed by atoms with van der Waals surface area (Å²) in [5.74, 6) is 0.843. The van der Waals surface area contributed by atoms with Gasteiger partial charge in [0.15, 0.2) is 0 Å². The molecule has 1 unspecified atom stereocenters. The minimum atomic E-state index is 0.428. The lowest BCUT2D eigenvalue weighted by Crippen LogP contribution is -2.05. The van der Waals surface area contributed by atoms with Gasteiger partial charge < -0.3 is 10.5 Å². The largest absolute Gasteiger partial charge is 0.487 e. The van der Waals surface area contributed by atoms with Crippen molar-refractivity contribution in [2.75, 3.05) is 0 Å². The first-order valence-corrected chi connectivity index (χ1v) is 6.68. The van der Waals surface area contributed by atoms with Crippen LogP contribution in [0.25, 0.3) is 0 Å². The molecule has 1 heterocycles. The maximum absolute atomic E-state index is 5.70. The first-order chi connectivity index (χ1) is 9.22. The Morgan fingerprint density at radius 3 is 2.63 bits per heavy atom. The van der Waals surface area contributed by atoms with Crippen molar-refractivity contribution in [3.8, 4) is 5.75 Å². The van der Waals surface area contributed by atoms with E-state index in [-0.39, 0.29) is 0 Å². The smallest absolute Gasteiger partial charge is 0.132 e. The lowest BCUT2D eigenvalue weighted by molar-refractivity contribution is 0.298. The van der Waals surface area contributed by atoms with E-state index in [0.717, 1.165) is 23.4 Å². The van der Waals surface area contributed by atoms with Crippen LogP contribution in [0.4, 0.5) is 0 Å². The van der Waals surface area contributed by atoms with Gasteiger partial charge in [-0.2, -0.15) is 5.10 Å². The highest BCUT2D eigenvalue weighted by atomic mass is 16.5. The topological polar surface area (TPSA) is 53.1 Å². The molecule has 0 saturated carbocycles. The Morgan fingerprint density at radius 2 is 2.00 bits per heavy atom. The fourth-order valence-corrected chi connectivity index (χ4v) is 1.77. The van der Waals surface area contributed by atoms with Gasteiger partial charge in [0.05, 0.1) is 5.69 Å². The van der Waals surface area contributed by atoms with E-state index in [9.17, 15) is 0 Å². The maximum Gasteiger partial charge on any atom is 0.132 e. The molecule has 0 aliphatic carbocycles. The number of aromatic nitrogens is 2. The Morgan fingerprint density at radius 1 is 1.26 bits per heavy atom. The normalized spacial score (nSPS) is 12.4. The van der Waals surface area contributed by atoms with Crippen molar-refractivity contribution in [3.05, 3.63) is 47.8 Å². The number of nitrogens with zero attached hydrogens (tertiary/aromatic N) is 2. The van der Waals surface area contributed by atoms with Crippen LogP contribution in [0.5, 0.6) is 5.75 Å². The quantitative estimate of drug-likeness (QED) is 0.867. The van der Waals surface area contributed by atoms with E-state index in [2.05, 4.69) is 18.9 Å². The third-order valence-electron chi connectivity index (χ3n) is 3.25. The number of hydrogen-bond donors (Lipinski definition) is 1. The first kappa shape index (κ1) is 13.6. The molecule has 0 saturated heterocycles. The molecule has 0 fully saturated rings. The van der Waals surface area contributed by atoms with Crippen LogP contribution in [0, 0.1) is 0 Å². The van der Waals surface area contributed by atoms with Gasteiger partial charge in [0.25, 0.3) is 0 Å². The number of rotatable bonds is 6. The van der Waals surface area contributed by atoms with Gasteiger partial charge in [-0.05, 0) is 37.1 Å². The molecule has 0 spiro atoms. The van der Waals surface area contributed by atoms with Crippen molar-refractivity contribution in [3.63, 3.8) is 0 Å². The van der Waals surface area contributed by atoms with E-state index in [1.54, 1.807) is 0 Å². The second kappa shape index (κ2) is 6.38. The van der Waals surface area contributed by atoms with Gasteiger partial charge in [-0.15, -0.1) is 0 Å². The molecule has 19 heavy (non-hydrogen) atoms. The summed E-state index contributed by atoms with van der Waals surface area (Å²) >= 11 is 0. The standard InChI is InChI=1S/C15H21N3O/c1-3-12(2)18-9-8-14(17-18)11-19-15-6-4-13(10-16)5-7-15/h4-9,12H,3,10-11,16H2,1-2H3. The molecule has 4 nitrogen and oxygen atoms in total. The van der Waals surface area contributed by atoms with Crippen LogP contribution in [0.3, 0.4) is 0 Å². The van der Waals surface area contributed by atoms with Gasteiger partial charge in [-0.3, -0.25) is 4.68 Å². The van der Waals surface area contributed by atoms with Gasteiger partial charge in [-0.1, -0.05) is 19.1 Å². The highest BCUT2D eigenvalue weighted by Gasteiger charge is 2.05. The monoisotopic (exact) mass is 259 g/mol. The van der Waals surface area contributed by atoms with Gasteiger partial charge in [0.2, 0.25) is 0 Å². The van der Waals surface area contributed by atoms with Crippen molar-refractivity contribution in [1.29, 1.82) is 0 Å². The minimum Gasteiger partial charge on any atom is -0.487 e. The Labute approximate surface area is 114 Å². The summed E-state index contributed by atoms with van der Waals surface area (Å²) in [6, 6.07) is 10.3. The van der Waals surface area contributed by atoms with Crippen LogP contribution >= 0.6 is 0 Å². The molecule has 0 aliphatic heterocycles.